The standard InChI is InChI=1S/C22H19F3N4O/c1-13(22(23,24)25)29-11-17(19-20(26)27-12-28-21(19)29)8-7-14-3-2-4-16(9-14)18(30)10-15-5-6-15/h2-4,9,11-13,15H,5-6,10H2,1H3,(H2,26,27,28). The van der Waals surface area contributed by atoms with E-state index in [1.54, 1.807) is 24.3 Å². The number of hydrogen-bond donors (Lipinski definition) is 1. The van der Waals surface area contributed by atoms with Crippen LogP contribution in [0.25, 0.3) is 11.0 Å². The van der Waals surface area contributed by atoms with Crippen LogP contribution >= 0.6 is 0 Å². The number of carbonyl (C=O) groups is 1. The zero-order valence-corrected chi connectivity index (χ0v) is 16.2. The molecule has 1 atom stereocenters. The molecule has 1 aromatic carbocycles. The monoisotopic (exact) mass is 412 g/mol. The third-order valence-electron chi connectivity index (χ3n) is 5.23. The van der Waals surface area contributed by atoms with E-state index in [0.717, 1.165) is 30.7 Å². The summed E-state index contributed by atoms with van der Waals surface area (Å²) in [5.41, 5.74) is 7.46. The number of fused-ring (bicyclic) bond motifs is 1. The van der Waals surface area contributed by atoms with Crippen molar-refractivity contribution in [2.75, 3.05) is 5.73 Å². The molecule has 8 heteroatoms. The number of nitrogens with zero attached hydrogens (tertiary/aromatic N) is 3. The topological polar surface area (TPSA) is 73.8 Å². The summed E-state index contributed by atoms with van der Waals surface area (Å²) in [5, 5.41) is 0.280. The molecule has 0 radical (unpaired) electrons. The number of aromatic nitrogens is 3. The van der Waals surface area contributed by atoms with Crippen LogP contribution in [0, 0.1) is 17.8 Å². The minimum atomic E-state index is -4.45. The van der Waals surface area contributed by atoms with Crippen LogP contribution in [0.1, 0.15) is 53.7 Å². The van der Waals surface area contributed by atoms with Gasteiger partial charge in [-0.25, -0.2) is 9.97 Å². The number of rotatable bonds is 4. The molecule has 0 spiro atoms. The van der Waals surface area contributed by atoms with Gasteiger partial charge in [0, 0.05) is 23.7 Å². The first kappa shape index (κ1) is 20.0. The number of benzene rings is 1. The first-order valence-electron chi connectivity index (χ1n) is 9.57. The Bertz CT molecular complexity index is 1180. The molecule has 1 aliphatic carbocycles. The van der Waals surface area contributed by atoms with Gasteiger partial charge in [-0.15, -0.1) is 0 Å². The Morgan fingerprint density at radius 2 is 2.07 bits per heavy atom. The molecule has 0 aliphatic heterocycles. The second-order valence-corrected chi connectivity index (χ2v) is 7.53. The Labute approximate surface area is 171 Å². The predicted molar refractivity (Wildman–Crippen MR) is 107 cm³/mol. The van der Waals surface area contributed by atoms with Crippen LogP contribution in [0.3, 0.4) is 0 Å². The fourth-order valence-corrected chi connectivity index (χ4v) is 3.27. The van der Waals surface area contributed by atoms with Crippen molar-refractivity contribution in [1.82, 2.24) is 14.5 Å². The van der Waals surface area contributed by atoms with Crippen molar-refractivity contribution >= 4 is 22.6 Å². The van der Waals surface area contributed by atoms with Crippen LogP contribution in [-0.4, -0.2) is 26.5 Å². The number of Topliss-reactive ketones (excluding diaryl/α,β-unsaturated/α-hetero) is 1. The molecule has 1 saturated carbocycles. The number of anilines is 1. The highest BCUT2D eigenvalue weighted by Crippen LogP contribution is 2.35. The maximum atomic E-state index is 13.3. The second kappa shape index (κ2) is 7.48. The Balaban J connectivity index is 1.72. The number of nitrogen functional groups attached to an aromatic ring is 1. The number of alkyl halides is 3. The van der Waals surface area contributed by atoms with Crippen molar-refractivity contribution < 1.29 is 18.0 Å². The number of hydrogen-bond acceptors (Lipinski definition) is 4. The molecule has 2 heterocycles. The largest absolute Gasteiger partial charge is 0.408 e. The van der Waals surface area contributed by atoms with Crippen molar-refractivity contribution in [3.05, 3.63) is 53.5 Å². The van der Waals surface area contributed by atoms with E-state index in [1.807, 2.05) is 0 Å². The van der Waals surface area contributed by atoms with Gasteiger partial charge < -0.3 is 10.3 Å². The number of nitrogens with two attached hydrogens (primary N) is 1. The zero-order valence-electron chi connectivity index (χ0n) is 16.2. The van der Waals surface area contributed by atoms with E-state index in [2.05, 4.69) is 21.8 Å². The lowest BCUT2D eigenvalue weighted by atomic mass is 10.0. The zero-order chi connectivity index (χ0) is 21.5. The van der Waals surface area contributed by atoms with Crippen molar-refractivity contribution in [3.8, 4) is 11.8 Å². The fourth-order valence-electron chi connectivity index (χ4n) is 3.27. The van der Waals surface area contributed by atoms with Gasteiger partial charge in [0.15, 0.2) is 5.78 Å². The van der Waals surface area contributed by atoms with Gasteiger partial charge in [-0.3, -0.25) is 4.79 Å². The van der Waals surface area contributed by atoms with Crippen LogP contribution in [0.4, 0.5) is 19.0 Å². The summed E-state index contributed by atoms with van der Waals surface area (Å²) in [6, 6.07) is 5.15. The van der Waals surface area contributed by atoms with Crippen molar-refractivity contribution in [1.29, 1.82) is 0 Å². The van der Waals surface area contributed by atoms with Crippen LogP contribution in [0.15, 0.2) is 36.8 Å². The maximum absolute atomic E-state index is 13.3. The fraction of sp³-hybridized carbons (Fsp3) is 0.318. The van der Waals surface area contributed by atoms with Crippen LogP contribution < -0.4 is 5.73 Å². The SMILES string of the molecule is CC(n1cc(C#Cc2cccc(C(=O)CC3CC3)c2)c2c(N)ncnc21)C(F)(F)F. The molecule has 4 rings (SSSR count). The van der Waals surface area contributed by atoms with Gasteiger partial charge in [0.1, 0.15) is 23.8 Å². The molecule has 5 nitrogen and oxygen atoms in total. The summed E-state index contributed by atoms with van der Waals surface area (Å²) in [6.45, 7) is 1.05. The highest BCUT2D eigenvalue weighted by molar-refractivity contribution is 5.97. The summed E-state index contributed by atoms with van der Waals surface area (Å²) in [4.78, 5) is 20.2. The highest BCUT2D eigenvalue weighted by atomic mass is 19.4. The van der Waals surface area contributed by atoms with Crippen molar-refractivity contribution in [3.63, 3.8) is 0 Å². The molecular formula is C22H19F3N4O. The molecule has 2 aromatic heterocycles. The number of carbonyl (C=O) groups excluding carboxylic acids is 1. The summed E-state index contributed by atoms with van der Waals surface area (Å²) in [7, 11) is 0. The Morgan fingerprint density at radius 1 is 1.30 bits per heavy atom. The Hall–Kier alpha value is -3.34. The van der Waals surface area contributed by atoms with Gasteiger partial charge in [-0.05, 0) is 37.8 Å². The molecule has 154 valence electrons. The summed E-state index contributed by atoms with van der Waals surface area (Å²) >= 11 is 0. The third kappa shape index (κ3) is 4.01. The molecule has 0 bridgehead atoms. The first-order chi connectivity index (χ1) is 14.2. The summed E-state index contributed by atoms with van der Waals surface area (Å²) in [5.74, 6) is 6.43. The smallest absolute Gasteiger partial charge is 0.383 e. The van der Waals surface area contributed by atoms with E-state index < -0.39 is 12.2 Å². The van der Waals surface area contributed by atoms with Gasteiger partial charge in [-0.2, -0.15) is 13.2 Å². The lowest BCUT2D eigenvalue weighted by molar-refractivity contribution is -0.162. The van der Waals surface area contributed by atoms with Crippen LogP contribution in [0.5, 0.6) is 0 Å². The normalized spacial score (nSPS) is 14.9. The lowest BCUT2D eigenvalue weighted by Gasteiger charge is -2.17. The molecule has 30 heavy (non-hydrogen) atoms. The van der Waals surface area contributed by atoms with Gasteiger partial charge in [0.05, 0.1) is 10.9 Å². The number of ketones is 1. The van der Waals surface area contributed by atoms with E-state index in [0.29, 0.717) is 29.0 Å². The molecule has 1 aliphatic rings. The molecule has 0 amide bonds. The minimum Gasteiger partial charge on any atom is -0.383 e. The van der Waals surface area contributed by atoms with E-state index in [1.165, 1.54) is 6.20 Å². The molecule has 1 fully saturated rings. The van der Waals surface area contributed by atoms with E-state index in [9.17, 15) is 18.0 Å². The molecule has 1 unspecified atom stereocenters. The first-order valence-corrected chi connectivity index (χ1v) is 9.57. The van der Waals surface area contributed by atoms with Crippen LogP contribution in [-0.2, 0) is 0 Å². The van der Waals surface area contributed by atoms with Gasteiger partial charge >= 0.3 is 6.18 Å². The van der Waals surface area contributed by atoms with Crippen molar-refractivity contribution in [2.45, 2.75) is 38.4 Å². The average Bonchev–Trinajstić information content (AvgIpc) is 3.44. The van der Waals surface area contributed by atoms with Gasteiger partial charge in [0.25, 0.3) is 0 Å². The van der Waals surface area contributed by atoms with Crippen molar-refractivity contribution in [2.24, 2.45) is 5.92 Å². The summed E-state index contributed by atoms with van der Waals surface area (Å²) < 4.78 is 40.8. The van der Waals surface area contributed by atoms with E-state index in [4.69, 9.17) is 5.73 Å². The van der Waals surface area contributed by atoms with Gasteiger partial charge in [-0.1, -0.05) is 24.0 Å². The third-order valence-corrected chi connectivity index (χ3v) is 5.23. The van der Waals surface area contributed by atoms with E-state index in [-0.39, 0.29) is 22.6 Å². The maximum Gasteiger partial charge on any atom is 0.408 e. The highest BCUT2D eigenvalue weighted by Gasteiger charge is 2.38. The van der Waals surface area contributed by atoms with Crippen LogP contribution in [0.2, 0.25) is 0 Å². The molecule has 2 N–H and O–H groups in total. The minimum absolute atomic E-state index is 0.0609. The Kier molecular flexibility index (Phi) is 4.98. The predicted octanol–water partition coefficient (Wildman–Crippen LogP) is 4.52. The molecule has 0 saturated heterocycles. The quantitative estimate of drug-likeness (QED) is 0.505. The van der Waals surface area contributed by atoms with Gasteiger partial charge in [0.2, 0.25) is 0 Å². The molecule has 3 aromatic rings. The summed E-state index contributed by atoms with van der Waals surface area (Å²) in [6.07, 6.45) is 0.691. The van der Waals surface area contributed by atoms with E-state index >= 15 is 0 Å². The second-order valence-electron chi connectivity index (χ2n) is 7.53. The average molecular weight is 412 g/mol. The lowest BCUT2D eigenvalue weighted by Crippen LogP contribution is -2.23. The molecular weight excluding hydrogens is 393 g/mol. The Morgan fingerprint density at radius 3 is 2.77 bits per heavy atom. The number of halogens is 3.